The van der Waals surface area contributed by atoms with Crippen LogP contribution in [0, 0.1) is 11.6 Å². The maximum atomic E-state index is 13.4. The van der Waals surface area contributed by atoms with E-state index in [2.05, 4.69) is 20.3 Å². The number of hydrogen-bond acceptors (Lipinski definition) is 8. The molecule has 3 heterocycles. The Labute approximate surface area is 206 Å². The highest BCUT2D eigenvalue weighted by Crippen LogP contribution is 2.33. The number of anilines is 2. The molecule has 0 atom stereocenters. The van der Waals surface area contributed by atoms with Crippen molar-refractivity contribution >= 4 is 50.4 Å². The van der Waals surface area contributed by atoms with Gasteiger partial charge in [0.15, 0.2) is 16.8 Å². The lowest BCUT2D eigenvalue weighted by Gasteiger charge is -2.06. The van der Waals surface area contributed by atoms with Gasteiger partial charge in [-0.1, -0.05) is 23.5 Å². The van der Waals surface area contributed by atoms with Crippen LogP contribution in [0.4, 0.5) is 19.7 Å². The molecule has 2 aromatic carbocycles. The summed E-state index contributed by atoms with van der Waals surface area (Å²) in [5, 5.41) is 3.78. The molecule has 11 heteroatoms. The molecule has 0 saturated heterocycles. The van der Waals surface area contributed by atoms with Crippen LogP contribution in [0.25, 0.3) is 21.3 Å². The van der Waals surface area contributed by atoms with Crippen molar-refractivity contribution in [3.63, 3.8) is 0 Å². The summed E-state index contributed by atoms with van der Waals surface area (Å²) in [6, 6.07) is 13.3. The minimum Gasteiger partial charge on any atom is -0.383 e. The third kappa shape index (κ3) is 4.81. The Morgan fingerprint density at radius 2 is 1.83 bits per heavy atom. The van der Waals surface area contributed by atoms with Gasteiger partial charge in [0.1, 0.15) is 17.0 Å². The third-order valence-corrected chi connectivity index (χ3v) is 7.37. The van der Waals surface area contributed by atoms with E-state index in [4.69, 9.17) is 11.5 Å². The molecule has 5 N–H and O–H groups in total. The van der Waals surface area contributed by atoms with Gasteiger partial charge in [0, 0.05) is 28.1 Å². The van der Waals surface area contributed by atoms with Crippen molar-refractivity contribution in [1.82, 2.24) is 20.3 Å². The van der Waals surface area contributed by atoms with Crippen LogP contribution < -0.4 is 16.8 Å². The van der Waals surface area contributed by atoms with Crippen LogP contribution in [0.3, 0.4) is 0 Å². The highest BCUT2D eigenvalue weighted by molar-refractivity contribution is 7.17. The molecule has 0 saturated carbocycles. The number of carbonyl (C=O) groups is 1. The summed E-state index contributed by atoms with van der Waals surface area (Å²) in [6.07, 6.45) is 1.86. The van der Waals surface area contributed by atoms with Gasteiger partial charge < -0.3 is 16.8 Å². The van der Waals surface area contributed by atoms with Crippen molar-refractivity contribution in [2.75, 3.05) is 11.5 Å². The van der Waals surface area contributed by atoms with Crippen LogP contribution in [-0.2, 0) is 13.0 Å². The van der Waals surface area contributed by atoms with Gasteiger partial charge in [-0.15, -0.1) is 11.3 Å². The molecule has 1 amide bonds. The summed E-state index contributed by atoms with van der Waals surface area (Å²) < 4.78 is 26.6. The molecular weight excluding hydrogens is 490 g/mol. The van der Waals surface area contributed by atoms with Crippen LogP contribution in [0.5, 0.6) is 0 Å². The topological polar surface area (TPSA) is 120 Å². The molecule has 5 rings (SSSR count). The zero-order valence-electron chi connectivity index (χ0n) is 18.1. The number of carbonyl (C=O) groups excluding carboxylic acids is 1. The highest BCUT2D eigenvalue weighted by Gasteiger charge is 2.19. The Bertz CT molecular complexity index is 1570. The predicted molar refractivity (Wildman–Crippen MR) is 134 cm³/mol. The lowest BCUT2D eigenvalue weighted by atomic mass is 10.1. The first-order chi connectivity index (χ1) is 16.9. The number of halogens is 2. The van der Waals surface area contributed by atoms with Crippen molar-refractivity contribution in [2.45, 2.75) is 13.0 Å². The lowest BCUT2D eigenvalue weighted by molar-refractivity contribution is 0.0954. The first-order valence-electron chi connectivity index (χ1n) is 10.4. The summed E-state index contributed by atoms with van der Waals surface area (Å²) in [5.74, 6) is -1.85. The number of benzene rings is 2. The molecule has 0 bridgehead atoms. The van der Waals surface area contributed by atoms with E-state index in [1.807, 2.05) is 30.3 Å². The number of thiazole rings is 1. The number of nitrogens with two attached hydrogens (primary N) is 2. The van der Waals surface area contributed by atoms with E-state index in [1.165, 1.54) is 12.4 Å². The minimum absolute atomic E-state index is 0.0469. The first-order valence-corrected chi connectivity index (χ1v) is 12.1. The van der Waals surface area contributed by atoms with Crippen LogP contribution in [-0.4, -0.2) is 20.9 Å². The lowest BCUT2D eigenvalue weighted by Crippen LogP contribution is -2.23. The smallest absolute Gasteiger partial charge is 0.263 e. The van der Waals surface area contributed by atoms with Gasteiger partial charge >= 0.3 is 0 Å². The Kier molecular flexibility index (Phi) is 6.10. The van der Waals surface area contributed by atoms with E-state index in [1.54, 1.807) is 11.3 Å². The van der Waals surface area contributed by atoms with E-state index in [-0.39, 0.29) is 17.6 Å². The van der Waals surface area contributed by atoms with E-state index in [0.29, 0.717) is 28.4 Å². The van der Waals surface area contributed by atoms with Crippen molar-refractivity contribution in [3.05, 3.63) is 87.5 Å². The first kappa shape index (κ1) is 22.8. The Morgan fingerprint density at radius 1 is 0.971 bits per heavy atom. The second-order valence-corrected chi connectivity index (χ2v) is 9.89. The number of nitrogen functional groups attached to an aromatic ring is 2. The van der Waals surface area contributed by atoms with E-state index in [9.17, 15) is 13.6 Å². The molecule has 176 valence electrons. The quantitative estimate of drug-likeness (QED) is 0.304. The number of rotatable bonds is 6. The fourth-order valence-electron chi connectivity index (χ4n) is 3.60. The molecule has 5 aromatic rings. The van der Waals surface area contributed by atoms with Gasteiger partial charge in [0.2, 0.25) is 0 Å². The molecule has 0 spiro atoms. The van der Waals surface area contributed by atoms with Crippen LogP contribution in [0.1, 0.15) is 25.8 Å². The van der Waals surface area contributed by atoms with Crippen molar-refractivity contribution < 1.29 is 13.6 Å². The summed E-state index contributed by atoms with van der Waals surface area (Å²) in [7, 11) is 0. The minimum atomic E-state index is -0.963. The molecule has 3 aromatic heterocycles. The van der Waals surface area contributed by atoms with Crippen molar-refractivity contribution in [2.24, 2.45) is 0 Å². The second-order valence-electron chi connectivity index (χ2n) is 7.69. The summed E-state index contributed by atoms with van der Waals surface area (Å²) in [5.41, 5.74) is 14.6. The molecule has 7 nitrogen and oxygen atoms in total. The van der Waals surface area contributed by atoms with Gasteiger partial charge in [-0.3, -0.25) is 4.79 Å². The second kappa shape index (κ2) is 9.35. The summed E-state index contributed by atoms with van der Waals surface area (Å²) in [4.78, 5) is 27.8. The fraction of sp³-hybridized carbons (Fsp3) is 0.0833. The average molecular weight is 509 g/mol. The van der Waals surface area contributed by atoms with Crippen molar-refractivity contribution in [3.8, 4) is 10.4 Å². The normalized spacial score (nSPS) is 11.1. The van der Waals surface area contributed by atoms with Gasteiger partial charge in [-0.2, -0.15) is 0 Å². The number of fused-ring (bicyclic) bond motifs is 1. The number of aromatic nitrogens is 3. The van der Waals surface area contributed by atoms with E-state index >= 15 is 0 Å². The Morgan fingerprint density at radius 3 is 2.66 bits per heavy atom. The predicted octanol–water partition coefficient (Wildman–Crippen LogP) is 4.78. The van der Waals surface area contributed by atoms with E-state index < -0.39 is 11.6 Å². The summed E-state index contributed by atoms with van der Waals surface area (Å²) in [6.45, 7) is 0.0469. The number of amides is 1. The number of thiophene rings is 1. The largest absolute Gasteiger partial charge is 0.383 e. The Balaban J connectivity index is 1.33. The number of nitrogens with one attached hydrogen (secondary N) is 1. The number of hydrogen-bond donors (Lipinski definition) is 3. The van der Waals surface area contributed by atoms with Gasteiger partial charge in [-0.05, 0) is 47.5 Å². The molecule has 0 radical (unpaired) electrons. The van der Waals surface area contributed by atoms with Gasteiger partial charge in [0.25, 0.3) is 5.91 Å². The van der Waals surface area contributed by atoms with Crippen LogP contribution in [0.15, 0.2) is 54.9 Å². The highest BCUT2D eigenvalue weighted by atomic mass is 32.1. The molecule has 0 aliphatic carbocycles. The monoisotopic (exact) mass is 508 g/mol. The zero-order chi connectivity index (χ0) is 24.5. The summed E-state index contributed by atoms with van der Waals surface area (Å²) >= 11 is 2.66. The SMILES string of the molecule is Nc1nc(Cc2ccc(-c3ccc4ncnc(N)c4c3)s2)c(C(=O)NCc2ccc(F)c(F)c2)s1. The fourth-order valence-corrected chi connectivity index (χ4v) is 5.38. The molecule has 0 unspecified atom stereocenters. The van der Waals surface area contributed by atoms with Crippen LogP contribution in [0.2, 0.25) is 0 Å². The van der Waals surface area contributed by atoms with Crippen LogP contribution >= 0.6 is 22.7 Å². The number of nitrogens with zero attached hydrogens (tertiary/aromatic N) is 3. The molecular formula is C24H18F2N6OS2. The van der Waals surface area contributed by atoms with Gasteiger partial charge in [-0.25, -0.2) is 23.7 Å². The van der Waals surface area contributed by atoms with Crippen molar-refractivity contribution in [1.29, 1.82) is 0 Å². The maximum absolute atomic E-state index is 13.4. The Hall–Kier alpha value is -3.96. The molecule has 0 aliphatic heterocycles. The third-order valence-electron chi connectivity index (χ3n) is 5.31. The van der Waals surface area contributed by atoms with Gasteiger partial charge in [0.05, 0.1) is 11.2 Å². The maximum Gasteiger partial charge on any atom is 0.263 e. The van der Waals surface area contributed by atoms with E-state index in [0.717, 1.165) is 49.7 Å². The molecule has 0 aliphatic rings. The zero-order valence-corrected chi connectivity index (χ0v) is 19.7. The average Bonchev–Trinajstić information content (AvgIpc) is 3.46. The molecule has 35 heavy (non-hydrogen) atoms. The standard InChI is InChI=1S/C24H18F2N6OS2/c25-16-4-1-12(7-17(16)26)10-29-23(33)21-19(32-24(28)35-21)9-14-3-6-20(34-14)13-2-5-18-15(8-13)22(27)31-11-30-18/h1-8,11H,9-10H2,(H2,28,32)(H,29,33)(H2,27,30,31). The molecule has 0 fully saturated rings.